The third-order valence-electron chi connectivity index (χ3n) is 1.49. The lowest BCUT2D eigenvalue weighted by Crippen LogP contribution is -2.03. The van der Waals surface area contributed by atoms with E-state index < -0.39 is 5.97 Å². The van der Waals surface area contributed by atoms with Gasteiger partial charge in [-0.1, -0.05) is 11.6 Å². The van der Waals surface area contributed by atoms with E-state index in [1.807, 2.05) is 0 Å². The summed E-state index contributed by atoms with van der Waals surface area (Å²) < 4.78 is 5.11. The molecule has 2 N–H and O–H groups in total. The van der Waals surface area contributed by atoms with Gasteiger partial charge in [-0.3, -0.25) is 0 Å². The van der Waals surface area contributed by atoms with E-state index in [1.165, 1.54) is 13.2 Å². The predicted octanol–water partition coefficient (Wildman–Crippen LogP) is 2.47. The van der Waals surface area contributed by atoms with Crippen LogP contribution in [0.4, 0.5) is 5.69 Å². The molecule has 3 nitrogen and oxygen atoms in total. The molecule has 0 aliphatic heterocycles. The second-order valence-corrected chi connectivity index (χ2v) is 3.61. The lowest BCUT2D eigenvalue weighted by Gasteiger charge is -2.04. The van der Waals surface area contributed by atoms with Gasteiger partial charge in [0.15, 0.2) is 0 Å². The summed E-state index contributed by atoms with van der Waals surface area (Å²) >= 11 is 8.92. The number of benzene rings is 1. The summed E-state index contributed by atoms with van der Waals surface area (Å²) in [4.78, 5) is 11.1. The summed E-state index contributed by atoms with van der Waals surface area (Å²) in [6.07, 6.45) is 0. The number of carbonyl (C=O) groups is 1. The third kappa shape index (κ3) is 2.14. The average Bonchev–Trinajstić information content (AvgIpc) is 2.10. The Bertz CT molecular complexity index is 354. The number of hydrogen-bond donors (Lipinski definition) is 1. The molecular formula is C8H7BrClNO2. The number of anilines is 1. The Kier molecular flexibility index (Phi) is 3.17. The summed E-state index contributed by atoms with van der Waals surface area (Å²) in [7, 11) is 1.30. The Morgan fingerprint density at radius 1 is 1.62 bits per heavy atom. The van der Waals surface area contributed by atoms with Crippen molar-refractivity contribution in [2.45, 2.75) is 0 Å². The van der Waals surface area contributed by atoms with Gasteiger partial charge >= 0.3 is 5.97 Å². The molecule has 5 heteroatoms. The standard InChI is InChI=1S/C8H7BrClNO2/c1-13-8(12)4-2-6(10)7(11)3-5(4)9/h2-3H,11H2,1H3. The highest BCUT2D eigenvalue weighted by atomic mass is 79.9. The molecule has 0 bridgehead atoms. The molecule has 0 fully saturated rings. The summed E-state index contributed by atoms with van der Waals surface area (Å²) in [5.74, 6) is -0.450. The molecule has 1 aromatic rings. The minimum absolute atomic E-state index is 0.337. The molecule has 0 radical (unpaired) electrons. The highest BCUT2D eigenvalue weighted by Crippen LogP contribution is 2.27. The van der Waals surface area contributed by atoms with Crippen LogP contribution in [0, 0.1) is 0 Å². The van der Waals surface area contributed by atoms with E-state index in [1.54, 1.807) is 6.07 Å². The first kappa shape index (κ1) is 10.3. The van der Waals surface area contributed by atoms with Crippen LogP contribution in [-0.4, -0.2) is 13.1 Å². The number of rotatable bonds is 1. The summed E-state index contributed by atoms with van der Waals surface area (Å²) in [5, 5.41) is 0.337. The highest BCUT2D eigenvalue weighted by molar-refractivity contribution is 9.10. The molecule has 70 valence electrons. The highest BCUT2D eigenvalue weighted by Gasteiger charge is 2.12. The van der Waals surface area contributed by atoms with Gasteiger partial charge in [0, 0.05) is 4.47 Å². The van der Waals surface area contributed by atoms with Crippen molar-refractivity contribution in [1.29, 1.82) is 0 Å². The second kappa shape index (κ2) is 3.98. The molecular weight excluding hydrogens is 257 g/mol. The average molecular weight is 265 g/mol. The summed E-state index contributed by atoms with van der Waals surface area (Å²) in [6, 6.07) is 3.03. The first-order valence-corrected chi connectivity index (χ1v) is 4.56. The van der Waals surface area contributed by atoms with Gasteiger partial charge in [0.25, 0.3) is 0 Å². The van der Waals surface area contributed by atoms with Crippen LogP contribution >= 0.6 is 27.5 Å². The topological polar surface area (TPSA) is 52.3 Å². The van der Waals surface area contributed by atoms with E-state index in [0.717, 1.165) is 0 Å². The van der Waals surface area contributed by atoms with Gasteiger partial charge in [0.05, 0.1) is 23.4 Å². The molecule has 0 aromatic heterocycles. The van der Waals surface area contributed by atoms with Crippen LogP contribution in [0.5, 0.6) is 0 Å². The number of nitrogens with two attached hydrogens (primary N) is 1. The van der Waals surface area contributed by atoms with Crippen molar-refractivity contribution in [2.75, 3.05) is 12.8 Å². The second-order valence-electron chi connectivity index (χ2n) is 2.35. The van der Waals surface area contributed by atoms with E-state index in [9.17, 15) is 4.79 Å². The first-order valence-electron chi connectivity index (χ1n) is 3.39. The van der Waals surface area contributed by atoms with Crippen LogP contribution in [0.1, 0.15) is 10.4 Å². The quantitative estimate of drug-likeness (QED) is 0.626. The van der Waals surface area contributed by atoms with Crippen molar-refractivity contribution in [3.05, 3.63) is 27.2 Å². The van der Waals surface area contributed by atoms with Crippen molar-refractivity contribution >= 4 is 39.2 Å². The van der Waals surface area contributed by atoms with E-state index in [-0.39, 0.29) is 0 Å². The normalized spacial score (nSPS) is 9.77. The Morgan fingerprint density at radius 2 is 2.23 bits per heavy atom. The maximum Gasteiger partial charge on any atom is 0.339 e. The molecule has 0 saturated heterocycles. The molecule has 0 atom stereocenters. The van der Waals surface area contributed by atoms with Crippen LogP contribution in [0.25, 0.3) is 0 Å². The smallest absolute Gasteiger partial charge is 0.339 e. The molecule has 0 aliphatic carbocycles. The minimum atomic E-state index is -0.450. The monoisotopic (exact) mass is 263 g/mol. The van der Waals surface area contributed by atoms with E-state index in [0.29, 0.717) is 20.7 Å². The Balaban J connectivity index is 3.23. The van der Waals surface area contributed by atoms with Gasteiger partial charge in [-0.15, -0.1) is 0 Å². The molecule has 1 aromatic carbocycles. The molecule has 13 heavy (non-hydrogen) atoms. The maximum absolute atomic E-state index is 11.1. The third-order valence-corrected chi connectivity index (χ3v) is 2.48. The zero-order chi connectivity index (χ0) is 10.0. The maximum atomic E-state index is 11.1. The molecule has 0 heterocycles. The van der Waals surface area contributed by atoms with Gasteiger partial charge in [-0.25, -0.2) is 4.79 Å². The van der Waals surface area contributed by atoms with Gasteiger partial charge < -0.3 is 10.5 Å². The SMILES string of the molecule is COC(=O)c1cc(Cl)c(N)cc1Br. The van der Waals surface area contributed by atoms with E-state index in [4.69, 9.17) is 17.3 Å². The molecule has 0 amide bonds. The fourth-order valence-electron chi connectivity index (χ4n) is 0.829. The lowest BCUT2D eigenvalue weighted by molar-refractivity contribution is 0.0600. The Labute approximate surface area is 88.9 Å². The van der Waals surface area contributed by atoms with Crippen LogP contribution in [0.3, 0.4) is 0 Å². The Hall–Kier alpha value is -0.740. The fourth-order valence-corrected chi connectivity index (χ4v) is 1.52. The first-order chi connectivity index (χ1) is 6.06. The van der Waals surface area contributed by atoms with Crippen LogP contribution in [0.2, 0.25) is 5.02 Å². The summed E-state index contributed by atoms with van der Waals surface area (Å²) in [5.41, 5.74) is 6.30. The van der Waals surface area contributed by atoms with Crippen molar-refractivity contribution in [2.24, 2.45) is 0 Å². The fraction of sp³-hybridized carbons (Fsp3) is 0.125. The molecule has 0 unspecified atom stereocenters. The van der Waals surface area contributed by atoms with Crippen LogP contribution < -0.4 is 5.73 Å². The van der Waals surface area contributed by atoms with Crippen molar-refractivity contribution in [1.82, 2.24) is 0 Å². The van der Waals surface area contributed by atoms with Crippen LogP contribution in [0.15, 0.2) is 16.6 Å². The number of carbonyl (C=O) groups excluding carboxylic acids is 1. The number of hydrogen-bond acceptors (Lipinski definition) is 3. The number of esters is 1. The van der Waals surface area contributed by atoms with Gasteiger partial charge in [-0.2, -0.15) is 0 Å². The van der Waals surface area contributed by atoms with E-state index in [2.05, 4.69) is 20.7 Å². The van der Waals surface area contributed by atoms with Crippen LogP contribution in [-0.2, 0) is 4.74 Å². The van der Waals surface area contributed by atoms with Gasteiger partial charge in [0.2, 0.25) is 0 Å². The van der Waals surface area contributed by atoms with E-state index >= 15 is 0 Å². The number of halogens is 2. The molecule has 0 saturated carbocycles. The number of methoxy groups -OCH3 is 1. The van der Waals surface area contributed by atoms with Crippen molar-refractivity contribution in [3.63, 3.8) is 0 Å². The van der Waals surface area contributed by atoms with Gasteiger partial charge in [0.1, 0.15) is 0 Å². The zero-order valence-corrected chi connectivity index (χ0v) is 9.15. The minimum Gasteiger partial charge on any atom is -0.465 e. The molecule has 1 rings (SSSR count). The van der Waals surface area contributed by atoms with Crippen molar-refractivity contribution < 1.29 is 9.53 Å². The number of ether oxygens (including phenoxy) is 1. The predicted molar refractivity (Wildman–Crippen MR) is 54.9 cm³/mol. The zero-order valence-electron chi connectivity index (χ0n) is 6.80. The lowest BCUT2D eigenvalue weighted by atomic mass is 10.2. The summed E-state index contributed by atoms with van der Waals surface area (Å²) in [6.45, 7) is 0. The Morgan fingerprint density at radius 3 is 2.77 bits per heavy atom. The molecule has 0 aliphatic rings. The number of nitrogen functional groups attached to an aromatic ring is 1. The largest absolute Gasteiger partial charge is 0.465 e. The molecule has 0 spiro atoms. The van der Waals surface area contributed by atoms with Gasteiger partial charge in [-0.05, 0) is 28.1 Å². The van der Waals surface area contributed by atoms with Crippen molar-refractivity contribution in [3.8, 4) is 0 Å².